The third-order valence-corrected chi connectivity index (χ3v) is 3.88. The number of rotatable bonds is 1. The molecule has 112 valence electrons. The standard InChI is InChI=1S/C16H12F2N2O2/c17-10-5-4-8(6-11(10)18)14-9(7-19)16(20)22-13-3-1-2-12(21)15(13)14/h4-6,14H,1-3,20H2. The Labute approximate surface area is 125 Å². The minimum absolute atomic E-state index is 0.0417. The first-order valence-electron chi connectivity index (χ1n) is 6.81. The quantitative estimate of drug-likeness (QED) is 0.865. The van der Waals surface area contributed by atoms with Gasteiger partial charge in [0.15, 0.2) is 17.4 Å². The highest BCUT2D eigenvalue weighted by atomic mass is 19.2. The van der Waals surface area contributed by atoms with E-state index in [2.05, 4.69) is 0 Å². The third-order valence-electron chi connectivity index (χ3n) is 3.88. The number of allylic oxidation sites excluding steroid dienone is 3. The number of nitrogens with zero attached hydrogens (tertiary/aromatic N) is 1. The summed E-state index contributed by atoms with van der Waals surface area (Å²) in [5, 5.41) is 9.32. The Bertz CT molecular complexity index is 775. The maximum Gasteiger partial charge on any atom is 0.205 e. The Kier molecular flexibility index (Phi) is 3.41. The fourth-order valence-electron chi connectivity index (χ4n) is 2.88. The number of hydrogen-bond donors (Lipinski definition) is 1. The number of carbonyl (C=O) groups excluding carboxylic acids is 1. The largest absolute Gasteiger partial charge is 0.444 e. The second kappa shape index (κ2) is 5.26. The molecule has 1 aliphatic carbocycles. The van der Waals surface area contributed by atoms with Gasteiger partial charge in [0.25, 0.3) is 0 Å². The molecule has 6 heteroatoms. The topological polar surface area (TPSA) is 76.1 Å². The van der Waals surface area contributed by atoms with Gasteiger partial charge in [0.2, 0.25) is 5.88 Å². The summed E-state index contributed by atoms with van der Waals surface area (Å²) < 4.78 is 32.1. The number of ketones is 1. The van der Waals surface area contributed by atoms with Gasteiger partial charge in [-0.05, 0) is 24.1 Å². The average molecular weight is 302 g/mol. The normalized spacial score (nSPS) is 21.3. The van der Waals surface area contributed by atoms with Crippen LogP contribution in [0.2, 0.25) is 0 Å². The van der Waals surface area contributed by atoms with Crippen molar-refractivity contribution in [3.63, 3.8) is 0 Å². The Hall–Kier alpha value is -2.68. The Balaban J connectivity index is 2.20. The van der Waals surface area contributed by atoms with Gasteiger partial charge in [0.05, 0.1) is 5.92 Å². The van der Waals surface area contributed by atoms with Crippen LogP contribution in [0.1, 0.15) is 30.7 Å². The Morgan fingerprint density at radius 2 is 2.05 bits per heavy atom. The molecule has 1 unspecified atom stereocenters. The molecule has 4 nitrogen and oxygen atoms in total. The summed E-state index contributed by atoms with van der Waals surface area (Å²) in [7, 11) is 0. The lowest BCUT2D eigenvalue weighted by Gasteiger charge is -2.30. The molecular formula is C16H12F2N2O2. The fourth-order valence-corrected chi connectivity index (χ4v) is 2.88. The highest BCUT2D eigenvalue weighted by Crippen LogP contribution is 2.43. The zero-order valence-corrected chi connectivity index (χ0v) is 11.5. The van der Waals surface area contributed by atoms with Gasteiger partial charge in [0.1, 0.15) is 17.4 Å². The lowest BCUT2D eigenvalue weighted by Crippen LogP contribution is -2.27. The zero-order valence-electron chi connectivity index (χ0n) is 11.5. The SMILES string of the molecule is N#CC1=C(N)OC2=C(C(=O)CCC2)C1c1ccc(F)c(F)c1. The van der Waals surface area contributed by atoms with E-state index in [1.54, 1.807) is 0 Å². The molecule has 1 heterocycles. The molecule has 1 aromatic carbocycles. The van der Waals surface area contributed by atoms with Crippen molar-refractivity contribution in [2.45, 2.75) is 25.2 Å². The van der Waals surface area contributed by atoms with Crippen molar-refractivity contribution < 1.29 is 18.3 Å². The van der Waals surface area contributed by atoms with Gasteiger partial charge in [-0.25, -0.2) is 8.78 Å². The van der Waals surface area contributed by atoms with Crippen LogP contribution in [0, 0.1) is 23.0 Å². The van der Waals surface area contributed by atoms with E-state index < -0.39 is 17.6 Å². The van der Waals surface area contributed by atoms with Crippen LogP contribution in [0.25, 0.3) is 0 Å². The molecular weight excluding hydrogens is 290 g/mol. The Morgan fingerprint density at radius 3 is 2.73 bits per heavy atom. The van der Waals surface area contributed by atoms with Crippen molar-refractivity contribution in [1.82, 2.24) is 0 Å². The molecule has 0 aromatic heterocycles. The van der Waals surface area contributed by atoms with E-state index in [4.69, 9.17) is 10.5 Å². The number of nitrogens with two attached hydrogens (primary N) is 1. The van der Waals surface area contributed by atoms with Crippen LogP contribution >= 0.6 is 0 Å². The maximum absolute atomic E-state index is 13.5. The molecule has 0 fully saturated rings. The average Bonchev–Trinajstić information content (AvgIpc) is 2.49. The lowest BCUT2D eigenvalue weighted by molar-refractivity contribution is -0.116. The number of hydrogen-bond acceptors (Lipinski definition) is 4. The van der Waals surface area contributed by atoms with Crippen LogP contribution in [0.3, 0.4) is 0 Å². The summed E-state index contributed by atoms with van der Waals surface area (Å²) in [6.45, 7) is 0. The van der Waals surface area contributed by atoms with Crippen molar-refractivity contribution in [2.75, 3.05) is 0 Å². The smallest absolute Gasteiger partial charge is 0.205 e. The van der Waals surface area contributed by atoms with E-state index in [0.29, 0.717) is 36.2 Å². The summed E-state index contributed by atoms with van der Waals surface area (Å²) >= 11 is 0. The monoisotopic (exact) mass is 302 g/mol. The first-order valence-corrected chi connectivity index (χ1v) is 6.81. The number of Topliss-reactive ketones (excluding diaryl/α,β-unsaturated/α-hetero) is 1. The van der Waals surface area contributed by atoms with E-state index in [1.165, 1.54) is 6.07 Å². The molecule has 22 heavy (non-hydrogen) atoms. The van der Waals surface area contributed by atoms with Crippen LogP contribution in [-0.4, -0.2) is 5.78 Å². The molecule has 0 amide bonds. The van der Waals surface area contributed by atoms with E-state index in [1.807, 2.05) is 6.07 Å². The summed E-state index contributed by atoms with van der Waals surface area (Å²) in [5.41, 5.74) is 6.43. The number of nitriles is 1. The summed E-state index contributed by atoms with van der Waals surface area (Å²) in [4.78, 5) is 12.3. The molecule has 0 saturated heterocycles. The lowest BCUT2D eigenvalue weighted by atomic mass is 9.77. The number of benzene rings is 1. The molecule has 0 saturated carbocycles. The number of ether oxygens (including phenoxy) is 1. The Morgan fingerprint density at radius 1 is 1.27 bits per heavy atom. The van der Waals surface area contributed by atoms with Crippen molar-refractivity contribution >= 4 is 5.78 Å². The van der Waals surface area contributed by atoms with Gasteiger partial charge in [-0.3, -0.25) is 4.79 Å². The fraction of sp³-hybridized carbons (Fsp3) is 0.250. The van der Waals surface area contributed by atoms with E-state index in [9.17, 15) is 18.8 Å². The predicted octanol–water partition coefficient (Wildman–Crippen LogP) is 2.78. The molecule has 1 aromatic rings. The summed E-state index contributed by atoms with van der Waals surface area (Å²) in [5.74, 6) is -2.67. The van der Waals surface area contributed by atoms with Crippen LogP contribution in [0.4, 0.5) is 8.78 Å². The van der Waals surface area contributed by atoms with Crippen LogP contribution in [0.15, 0.2) is 41.0 Å². The first-order chi connectivity index (χ1) is 10.5. The molecule has 1 aliphatic heterocycles. The second-order valence-corrected chi connectivity index (χ2v) is 5.21. The highest BCUT2D eigenvalue weighted by molar-refractivity contribution is 5.99. The molecule has 0 radical (unpaired) electrons. The summed E-state index contributed by atoms with van der Waals surface area (Å²) in [6, 6.07) is 5.23. The van der Waals surface area contributed by atoms with E-state index in [-0.39, 0.29) is 17.2 Å². The van der Waals surface area contributed by atoms with Crippen LogP contribution in [0.5, 0.6) is 0 Å². The second-order valence-electron chi connectivity index (χ2n) is 5.21. The molecule has 0 spiro atoms. The number of halogens is 2. The zero-order chi connectivity index (χ0) is 15.9. The van der Waals surface area contributed by atoms with E-state index >= 15 is 0 Å². The van der Waals surface area contributed by atoms with Crippen LogP contribution < -0.4 is 5.73 Å². The van der Waals surface area contributed by atoms with Gasteiger partial charge >= 0.3 is 0 Å². The van der Waals surface area contributed by atoms with E-state index in [0.717, 1.165) is 12.1 Å². The molecule has 0 bridgehead atoms. The molecule has 1 atom stereocenters. The van der Waals surface area contributed by atoms with Gasteiger partial charge in [0, 0.05) is 18.4 Å². The summed E-state index contributed by atoms with van der Waals surface area (Å²) in [6.07, 6.45) is 1.50. The first kappa shape index (κ1) is 14.3. The molecule has 2 aliphatic rings. The van der Waals surface area contributed by atoms with Gasteiger partial charge in [-0.2, -0.15) is 5.26 Å². The predicted molar refractivity (Wildman–Crippen MR) is 72.9 cm³/mol. The molecule has 2 N–H and O–H groups in total. The maximum atomic E-state index is 13.5. The third kappa shape index (κ3) is 2.15. The minimum atomic E-state index is -1.04. The van der Waals surface area contributed by atoms with Crippen molar-refractivity contribution in [2.24, 2.45) is 5.73 Å². The van der Waals surface area contributed by atoms with Gasteiger partial charge in [-0.1, -0.05) is 6.07 Å². The van der Waals surface area contributed by atoms with Crippen molar-refractivity contribution in [1.29, 1.82) is 5.26 Å². The van der Waals surface area contributed by atoms with Gasteiger partial charge < -0.3 is 10.5 Å². The number of carbonyl (C=O) groups is 1. The van der Waals surface area contributed by atoms with Crippen molar-refractivity contribution in [3.05, 3.63) is 58.2 Å². The van der Waals surface area contributed by atoms with Crippen molar-refractivity contribution in [3.8, 4) is 6.07 Å². The van der Waals surface area contributed by atoms with Crippen LogP contribution in [-0.2, 0) is 9.53 Å². The van der Waals surface area contributed by atoms with Gasteiger partial charge in [-0.15, -0.1) is 0 Å². The highest BCUT2D eigenvalue weighted by Gasteiger charge is 2.38. The molecule has 3 rings (SSSR count). The minimum Gasteiger partial charge on any atom is -0.444 e.